The highest BCUT2D eigenvalue weighted by Gasteiger charge is 2.37. The number of hydrogen-bond donors (Lipinski definition) is 1. The van der Waals surface area contributed by atoms with E-state index < -0.39 is 23.3 Å². The lowest BCUT2D eigenvalue weighted by Crippen LogP contribution is -2.43. The first-order chi connectivity index (χ1) is 21.8. The van der Waals surface area contributed by atoms with Crippen LogP contribution in [0.4, 0.5) is 13.2 Å². The Labute approximate surface area is 274 Å². The topological polar surface area (TPSA) is 31.9 Å². The number of hydrogen-bond acceptors (Lipinski definition) is 2. The van der Waals surface area contributed by atoms with Gasteiger partial charge in [0, 0.05) is 47.1 Å². The third-order valence-corrected chi connectivity index (χ3v) is 8.51. The second-order valence-corrected chi connectivity index (χ2v) is 14.5. The van der Waals surface area contributed by atoms with E-state index in [9.17, 15) is 4.39 Å². The summed E-state index contributed by atoms with van der Waals surface area (Å²) in [5.41, 5.74) is 4.35. The molecule has 0 aliphatic carbocycles. The number of para-hydroxylation sites is 1. The molecule has 0 saturated carbocycles. The van der Waals surface area contributed by atoms with Crippen molar-refractivity contribution >= 4 is 10.9 Å². The van der Waals surface area contributed by atoms with Crippen LogP contribution in [-0.4, -0.2) is 33.6 Å². The van der Waals surface area contributed by atoms with Gasteiger partial charge in [0.2, 0.25) is 0 Å². The lowest BCUT2D eigenvalue weighted by atomic mass is 9.90. The SMILES string of the molecule is C=CCC(C)(C)C.CCCCCc1ccc(CCc2cc(F)c(C3c4[nH]c5ccccc5c4CCN3CC(C)(C)F)c(F)c2)nc1. The van der Waals surface area contributed by atoms with Crippen molar-refractivity contribution in [1.82, 2.24) is 14.9 Å². The molecule has 2 aromatic heterocycles. The van der Waals surface area contributed by atoms with Gasteiger partial charge in [-0.2, -0.15) is 0 Å². The molecule has 0 saturated heterocycles. The van der Waals surface area contributed by atoms with Crippen LogP contribution in [0.5, 0.6) is 0 Å². The molecule has 6 heteroatoms. The number of H-pyrrole nitrogens is 1. The van der Waals surface area contributed by atoms with Crippen molar-refractivity contribution in [2.45, 2.75) is 105 Å². The third-order valence-electron chi connectivity index (χ3n) is 8.51. The van der Waals surface area contributed by atoms with Gasteiger partial charge in [-0.1, -0.05) is 70.9 Å². The summed E-state index contributed by atoms with van der Waals surface area (Å²) in [5.74, 6) is -1.19. The van der Waals surface area contributed by atoms with E-state index in [0.29, 0.717) is 36.8 Å². The maximum Gasteiger partial charge on any atom is 0.131 e. The maximum atomic E-state index is 15.8. The first-order valence-electron chi connectivity index (χ1n) is 16.8. The van der Waals surface area contributed by atoms with E-state index in [1.165, 1.54) is 44.4 Å². The minimum atomic E-state index is -1.51. The Morgan fingerprint density at radius 2 is 1.67 bits per heavy atom. The molecule has 248 valence electrons. The van der Waals surface area contributed by atoms with Crippen LogP contribution in [0, 0.1) is 17.0 Å². The lowest BCUT2D eigenvalue weighted by Gasteiger charge is -2.38. The summed E-state index contributed by atoms with van der Waals surface area (Å²) in [7, 11) is 0. The molecular weight excluding hydrogens is 579 g/mol. The van der Waals surface area contributed by atoms with Crippen molar-refractivity contribution in [3.8, 4) is 0 Å². The second kappa shape index (κ2) is 15.5. The molecular formula is C40H52F3N3. The van der Waals surface area contributed by atoms with Gasteiger partial charge in [0.25, 0.3) is 0 Å². The van der Waals surface area contributed by atoms with Gasteiger partial charge in [-0.15, -0.1) is 6.58 Å². The van der Waals surface area contributed by atoms with E-state index in [0.717, 1.165) is 47.1 Å². The number of halogens is 3. The molecule has 2 aromatic carbocycles. The fourth-order valence-electron chi connectivity index (χ4n) is 6.35. The van der Waals surface area contributed by atoms with Crippen molar-refractivity contribution < 1.29 is 13.2 Å². The van der Waals surface area contributed by atoms with Crippen LogP contribution in [0.3, 0.4) is 0 Å². The zero-order chi connectivity index (χ0) is 33.5. The van der Waals surface area contributed by atoms with Gasteiger partial charge < -0.3 is 4.98 Å². The minimum Gasteiger partial charge on any atom is -0.357 e. The molecule has 0 amide bonds. The van der Waals surface area contributed by atoms with Crippen molar-refractivity contribution in [1.29, 1.82) is 0 Å². The Bertz CT molecular complexity index is 1550. The second-order valence-electron chi connectivity index (χ2n) is 14.5. The van der Waals surface area contributed by atoms with Gasteiger partial charge in [0.05, 0.1) is 6.04 Å². The molecule has 1 aliphatic heterocycles. The number of allylic oxidation sites excluding steroid dienone is 1. The summed E-state index contributed by atoms with van der Waals surface area (Å²) in [4.78, 5) is 9.84. The van der Waals surface area contributed by atoms with Crippen LogP contribution in [0.2, 0.25) is 0 Å². The van der Waals surface area contributed by atoms with Crippen LogP contribution in [0.1, 0.15) is 107 Å². The average molecular weight is 632 g/mol. The van der Waals surface area contributed by atoms with Gasteiger partial charge in [-0.05, 0) is 98.7 Å². The minimum absolute atomic E-state index is 0.0231. The van der Waals surface area contributed by atoms with Crippen LogP contribution in [0.25, 0.3) is 10.9 Å². The molecule has 0 spiro atoms. The van der Waals surface area contributed by atoms with Crippen LogP contribution < -0.4 is 0 Å². The molecule has 0 fully saturated rings. The molecule has 3 nitrogen and oxygen atoms in total. The van der Waals surface area contributed by atoms with Crippen LogP contribution in [-0.2, 0) is 25.7 Å². The number of rotatable bonds is 11. The Hall–Kier alpha value is -3.38. The summed E-state index contributed by atoms with van der Waals surface area (Å²) >= 11 is 0. The molecule has 1 N–H and O–H groups in total. The first kappa shape index (κ1) is 35.5. The number of fused-ring (bicyclic) bond motifs is 3. The van der Waals surface area contributed by atoms with E-state index in [2.05, 4.69) is 50.3 Å². The quantitative estimate of drug-likeness (QED) is 0.132. The number of nitrogens with one attached hydrogen (secondary N) is 1. The monoisotopic (exact) mass is 631 g/mol. The smallest absolute Gasteiger partial charge is 0.131 e. The third kappa shape index (κ3) is 9.57. The fourth-order valence-corrected chi connectivity index (χ4v) is 6.35. The molecule has 1 aliphatic rings. The molecule has 4 aromatic rings. The van der Waals surface area contributed by atoms with E-state index >= 15 is 8.78 Å². The summed E-state index contributed by atoms with van der Waals surface area (Å²) in [5, 5.41) is 1.05. The number of nitrogens with zero attached hydrogens (tertiary/aromatic N) is 2. The predicted molar refractivity (Wildman–Crippen MR) is 186 cm³/mol. The Kier molecular flexibility index (Phi) is 11.9. The summed E-state index contributed by atoms with van der Waals surface area (Å²) < 4.78 is 46.4. The van der Waals surface area contributed by atoms with Crippen molar-refractivity contribution in [2.24, 2.45) is 5.41 Å². The molecule has 1 atom stereocenters. The average Bonchev–Trinajstić information content (AvgIpc) is 3.35. The van der Waals surface area contributed by atoms with E-state index in [1.807, 2.05) is 47.5 Å². The van der Waals surface area contributed by atoms with Gasteiger partial charge in [0.1, 0.15) is 17.3 Å². The number of benzene rings is 2. The Morgan fingerprint density at radius 3 is 2.26 bits per heavy atom. The lowest BCUT2D eigenvalue weighted by molar-refractivity contribution is 0.0962. The number of alkyl halides is 1. The zero-order valence-corrected chi connectivity index (χ0v) is 28.7. The molecule has 0 bridgehead atoms. The number of aryl methyl sites for hydroxylation is 3. The van der Waals surface area contributed by atoms with Crippen molar-refractivity contribution in [2.75, 3.05) is 13.1 Å². The molecule has 5 rings (SSSR count). The molecule has 3 heterocycles. The number of aromatic amines is 1. The Balaban J connectivity index is 0.000000617. The first-order valence-corrected chi connectivity index (χ1v) is 16.8. The van der Waals surface area contributed by atoms with Gasteiger partial charge in [0.15, 0.2) is 0 Å². The molecule has 46 heavy (non-hydrogen) atoms. The van der Waals surface area contributed by atoms with Crippen LogP contribution >= 0.6 is 0 Å². The highest BCUT2D eigenvalue weighted by atomic mass is 19.1. The normalized spacial score (nSPS) is 15.4. The molecule has 1 unspecified atom stereocenters. The van der Waals surface area contributed by atoms with Gasteiger partial charge in [-0.25, -0.2) is 13.2 Å². The number of aromatic nitrogens is 2. The maximum absolute atomic E-state index is 15.8. The van der Waals surface area contributed by atoms with Gasteiger partial charge >= 0.3 is 0 Å². The summed E-state index contributed by atoms with van der Waals surface area (Å²) in [6, 6.07) is 14.2. The Morgan fingerprint density at radius 1 is 0.957 bits per heavy atom. The van der Waals surface area contributed by atoms with Crippen molar-refractivity contribution in [3.63, 3.8) is 0 Å². The molecule has 0 radical (unpaired) electrons. The largest absolute Gasteiger partial charge is 0.357 e. The van der Waals surface area contributed by atoms with Crippen LogP contribution in [0.15, 0.2) is 67.4 Å². The number of unbranched alkanes of at least 4 members (excludes halogenated alkanes) is 2. The van der Waals surface area contributed by atoms with E-state index in [-0.39, 0.29) is 12.1 Å². The number of pyridine rings is 1. The van der Waals surface area contributed by atoms with E-state index in [4.69, 9.17) is 0 Å². The predicted octanol–water partition coefficient (Wildman–Crippen LogP) is 10.7. The highest BCUT2D eigenvalue weighted by Crippen LogP contribution is 2.41. The highest BCUT2D eigenvalue weighted by molar-refractivity contribution is 5.85. The van der Waals surface area contributed by atoms with Gasteiger partial charge in [-0.3, -0.25) is 9.88 Å². The summed E-state index contributed by atoms with van der Waals surface area (Å²) in [6.45, 7) is 16.1. The summed E-state index contributed by atoms with van der Waals surface area (Å²) in [6.07, 6.45) is 11.3. The zero-order valence-electron chi connectivity index (χ0n) is 28.7. The standard InChI is InChI=1S/C33H38F3N3.C7H14/c1-4-5-6-9-22-12-14-24(37-20-22)15-13-23-18-27(34)30(28(35)19-23)32-31-26(16-17-39(32)21-33(2,3)36)25-10-7-8-11-29(25)38-31;1-5-6-7(2,3)4/h7-8,10-12,14,18-20,32,38H,4-6,9,13,15-17,21H2,1-3H3;5H,1,6H2,2-4H3. The van der Waals surface area contributed by atoms with E-state index in [1.54, 1.807) is 0 Å². The van der Waals surface area contributed by atoms with Crippen molar-refractivity contribution in [3.05, 3.63) is 113 Å². The fraction of sp³-hybridized carbons (Fsp3) is 0.475.